The zero-order valence-electron chi connectivity index (χ0n) is 3.83. The second kappa shape index (κ2) is 4.65. The van der Waals surface area contributed by atoms with Crippen molar-refractivity contribution >= 4 is 0 Å². The van der Waals surface area contributed by atoms with Crippen LogP contribution in [0.3, 0.4) is 0 Å². The molecule has 0 unspecified atom stereocenters. The third-order valence-electron chi connectivity index (χ3n) is 0. The standard InChI is InChI=1S/C4H9.Ir/c1-4(2)3;/h1-3H3;/q-1;. The summed E-state index contributed by atoms with van der Waals surface area (Å²) in [6.07, 6.45) is 0. The minimum absolute atomic E-state index is 0. The zero-order chi connectivity index (χ0) is 3.58. The summed E-state index contributed by atoms with van der Waals surface area (Å²) in [6.45, 7) is 6.25. The van der Waals surface area contributed by atoms with Gasteiger partial charge in [0.05, 0.1) is 0 Å². The molecule has 0 aromatic heterocycles. The van der Waals surface area contributed by atoms with Crippen LogP contribution in [0.25, 0.3) is 0 Å². The van der Waals surface area contributed by atoms with Gasteiger partial charge in [-0.25, -0.2) is 0 Å². The Morgan fingerprint density at radius 1 is 1.00 bits per heavy atom. The van der Waals surface area contributed by atoms with Gasteiger partial charge in [0, 0.05) is 20.1 Å². The molecule has 5 heavy (non-hydrogen) atoms. The van der Waals surface area contributed by atoms with Crippen molar-refractivity contribution in [1.82, 2.24) is 0 Å². The average Bonchev–Trinajstić information content (AvgIpc) is 0.811. The van der Waals surface area contributed by atoms with Crippen molar-refractivity contribution in [2.24, 2.45) is 0 Å². The average molecular weight is 249 g/mol. The molecule has 0 aromatic rings. The summed E-state index contributed by atoms with van der Waals surface area (Å²) < 4.78 is 0. The molecule has 0 aliphatic rings. The van der Waals surface area contributed by atoms with Gasteiger partial charge < -0.3 is 5.92 Å². The Labute approximate surface area is 47.3 Å². The third kappa shape index (κ3) is 77.4. The predicted molar refractivity (Wildman–Crippen MR) is 20.3 cm³/mol. The van der Waals surface area contributed by atoms with Crippen molar-refractivity contribution in [3.8, 4) is 0 Å². The summed E-state index contributed by atoms with van der Waals surface area (Å²) in [7, 11) is 0. The second-order valence-corrected chi connectivity index (χ2v) is 1.50. The predicted octanol–water partition coefficient (Wildman–Crippen LogP) is 1.62. The molecule has 0 aliphatic heterocycles. The van der Waals surface area contributed by atoms with Crippen molar-refractivity contribution in [3.63, 3.8) is 0 Å². The largest absolute Gasteiger partial charge is 0.323 e. The van der Waals surface area contributed by atoms with Crippen LogP contribution in [-0.2, 0) is 20.1 Å². The Balaban J connectivity index is 0. The molecule has 0 atom stereocenters. The monoisotopic (exact) mass is 250 g/mol. The van der Waals surface area contributed by atoms with Crippen LogP contribution in [0.2, 0.25) is 0 Å². The molecule has 0 amide bonds. The first-order valence-corrected chi connectivity index (χ1v) is 1.50. The fourth-order valence-corrected chi connectivity index (χ4v) is 0. The molecule has 0 spiro atoms. The van der Waals surface area contributed by atoms with E-state index in [4.69, 9.17) is 0 Å². The Bertz CT molecular complexity index is 8.36. The van der Waals surface area contributed by atoms with E-state index in [9.17, 15) is 0 Å². The van der Waals surface area contributed by atoms with Crippen molar-refractivity contribution in [3.05, 3.63) is 5.92 Å². The quantitative estimate of drug-likeness (QED) is 0.572. The number of hydrogen-bond donors (Lipinski definition) is 0. The van der Waals surface area contributed by atoms with Crippen LogP contribution in [0.15, 0.2) is 0 Å². The van der Waals surface area contributed by atoms with Gasteiger partial charge in [0.25, 0.3) is 0 Å². The fraction of sp³-hybridized carbons (Fsp3) is 0.750. The molecule has 0 fully saturated rings. The van der Waals surface area contributed by atoms with Crippen LogP contribution in [0.5, 0.6) is 0 Å². The van der Waals surface area contributed by atoms with Gasteiger partial charge in [0.15, 0.2) is 0 Å². The molecule has 0 rings (SSSR count). The Hall–Kier alpha value is 0.649. The molecule has 0 saturated carbocycles. The van der Waals surface area contributed by atoms with Crippen LogP contribution in [0, 0.1) is 5.92 Å². The summed E-state index contributed by atoms with van der Waals surface area (Å²) in [5, 5.41) is 0. The van der Waals surface area contributed by atoms with Crippen LogP contribution < -0.4 is 0 Å². The molecule has 0 N–H and O–H groups in total. The molecule has 0 saturated heterocycles. The van der Waals surface area contributed by atoms with Crippen LogP contribution >= 0.6 is 0 Å². The maximum absolute atomic E-state index is 2.08. The van der Waals surface area contributed by atoms with E-state index in [1.807, 2.05) is 0 Å². The topological polar surface area (TPSA) is 0 Å². The number of hydrogen-bond acceptors (Lipinski definition) is 0. The molecule has 0 aliphatic carbocycles. The van der Waals surface area contributed by atoms with E-state index in [0.29, 0.717) is 0 Å². The summed E-state index contributed by atoms with van der Waals surface area (Å²) in [5.41, 5.74) is 0. The summed E-state index contributed by atoms with van der Waals surface area (Å²) in [4.78, 5) is 0. The minimum atomic E-state index is 0. The molecule has 0 bridgehead atoms. The van der Waals surface area contributed by atoms with Crippen molar-refractivity contribution < 1.29 is 20.1 Å². The maximum Gasteiger partial charge on any atom is 0 e. The van der Waals surface area contributed by atoms with Gasteiger partial charge in [-0.05, 0) is 0 Å². The van der Waals surface area contributed by atoms with Gasteiger partial charge in [-0.3, -0.25) is 0 Å². The summed E-state index contributed by atoms with van der Waals surface area (Å²) >= 11 is 0. The first-order chi connectivity index (χ1) is 1.73. The van der Waals surface area contributed by atoms with E-state index in [2.05, 4.69) is 20.8 Å². The molecule has 1 heteroatoms. The normalized spacial score (nSPS) is 7.20. The maximum atomic E-state index is 2.08. The summed E-state index contributed by atoms with van der Waals surface area (Å²) in [6, 6.07) is 0. The van der Waals surface area contributed by atoms with Crippen LogP contribution in [0.4, 0.5) is 0 Å². The number of rotatable bonds is 0. The SMILES string of the molecule is C[C-](C)C.[Ir]. The van der Waals surface area contributed by atoms with Gasteiger partial charge in [0.1, 0.15) is 0 Å². The first-order valence-electron chi connectivity index (χ1n) is 1.50. The van der Waals surface area contributed by atoms with Crippen molar-refractivity contribution in [2.75, 3.05) is 0 Å². The molecule has 1 radical (unpaired) electrons. The Morgan fingerprint density at radius 2 is 1.00 bits per heavy atom. The molecular formula is C4H9Ir-. The van der Waals surface area contributed by atoms with Gasteiger partial charge in [-0.1, -0.05) is 0 Å². The fourth-order valence-electron chi connectivity index (χ4n) is 0. The third-order valence-corrected chi connectivity index (χ3v) is 0. The minimum Gasteiger partial charge on any atom is -0.323 e. The van der Waals surface area contributed by atoms with Gasteiger partial charge in [0.2, 0.25) is 0 Å². The van der Waals surface area contributed by atoms with Crippen molar-refractivity contribution in [2.45, 2.75) is 20.8 Å². The molecule has 0 aromatic carbocycles. The summed E-state index contributed by atoms with van der Waals surface area (Å²) in [5.74, 6) is 1.42. The van der Waals surface area contributed by atoms with Crippen LogP contribution in [0.1, 0.15) is 20.8 Å². The van der Waals surface area contributed by atoms with E-state index in [0.717, 1.165) is 0 Å². The Kier molecular flexibility index (Phi) is 8.53. The van der Waals surface area contributed by atoms with E-state index in [-0.39, 0.29) is 20.1 Å². The second-order valence-electron chi connectivity index (χ2n) is 1.50. The van der Waals surface area contributed by atoms with Crippen molar-refractivity contribution in [1.29, 1.82) is 0 Å². The molecule has 35 valence electrons. The van der Waals surface area contributed by atoms with Crippen LogP contribution in [-0.4, -0.2) is 0 Å². The molecule has 0 nitrogen and oxygen atoms in total. The first kappa shape index (κ1) is 9.17. The van der Waals surface area contributed by atoms with Gasteiger partial charge in [-0.15, -0.1) is 0 Å². The van der Waals surface area contributed by atoms with E-state index in [1.165, 1.54) is 5.92 Å². The van der Waals surface area contributed by atoms with Gasteiger partial charge >= 0.3 is 0 Å². The van der Waals surface area contributed by atoms with E-state index >= 15 is 0 Å². The Morgan fingerprint density at radius 3 is 1.00 bits per heavy atom. The molecule has 0 heterocycles. The zero-order valence-corrected chi connectivity index (χ0v) is 6.23. The van der Waals surface area contributed by atoms with E-state index < -0.39 is 0 Å². The van der Waals surface area contributed by atoms with E-state index in [1.54, 1.807) is 0 Å². The smallest absolute Gasteiger partial charge is 0 e. The van der Waals surface area contributed by atoms with Gasteiger partial charge in [-0.2, -0.15) is 20.8 Å². The molecular weight excluding hydrogens is 240 g/mol.